The third kappa shape index (κ3) is 8.56. The Kier molecular flexibility index (Phi) is 9.25. The van der Waals surface area contributed by atoms with E-state index >= 15 is 0 Å². The summed E-state index contributed by atoms with van der Waals surface area (Å²) in [7, 11) is 1.41. The predicted octanol–water partition coefficient (Wildman–Crippen LogP) is 3.44. The fourth-order valence-corrected chi connectivity index (χ4v) is 3.07. The number of hydrogen-bond donors (Lipinski definition) is 0. The molecule has 0 aliphatic carbocycles. The quantitative estimate of drug-likeness (QED) is 0.492. The van der Waals surface area contributed by atoms with Gasteiger partial charge in [-0.05, 0) is 33.7 Å². The highest BCUT2D eigenvalue weighted by atomic mass is 16.6. The minimum atomic E-state index is -0.509. The highest BCUT2D eigenvalue weighted by molar-refractivity contribution is 5.71. The zero-order valence-corrected chi connectivity index (χ0v) is 16.7. The van der Waals surface area contributed by atoms with Gasteiger partial charge in [0.05, 0.1) is 13.5 Å². The third-order valence-corrected chi connectivity index (χ3v) is 4.44. The molecule has 6 nitrogen and oxygen atoms in total. The maximum atomic E-state index is 12.3. The minimum Gasteiger partial charge on any atom is -0.469 e. The van der Waals surface area contributed by atoms with Crippen LogP contribution < -0.4 is 0 Å². The van der Waals surface area contributed by atoms with Crippen molar-refractivity contribution in [2.24, 2.45) is 0 Å². The Balaban J connectivity index is 2.58. The van der Waals surface area contributed by atoms with Gasteiger partial charge in [0.15, 0.2) is 0 Å². The molecule has 1 aliphatic heterocycles. The summed E-state index contributed by atoms with van der Waals surface area (Å²) in [5.41, 5.74) is -0.509. The lowest BCUT2D eigenvalue weighted by Gasteiger charge is -2.41. The normalized spacial score (nSPS) is 18.9. The van der Waals surface area contributed by atoms with Crippen LogP contribution in [0.1, 0.15) is 66.2 Å². The maximum absolute atomic E-state index is 12.3. The van der Waals surface area contributed by atoms with Crippen LogP contribution in [-0.2, 0) is 14.3 Å². The van der Waals surface area contributed by atoms with Crippen LogP contribution in [0.25, 0.3) is 0 Å². The smallest absolute Gasteiger partial charge is 0.410 e. The molecule has 146 valence electrons. The number of unbranched alkanes of at least 4 members (excludes halogenated alkanes) is 4. The molecule has 0 unspecified atom stereocenters. The number of carbonyl (C=O) groups excluding carboxylic acids is 2. The fraction of sp³-hybridized carbons (Fsp3) is 0.895. The van der Waals surface area contributed by atoms with E-state index < -0.39 is 5.60 Å². The van der Waals surface area contributed by atoms with Crippen molar-refractivity contribution in [3.05, 3.63) is 0 Å². The van der Waals surface area contributed by atoms with Crippen molar-refractivity contribution >= 4 is 12.1 Å². The molecule has 0 bridgehead atoms. The predicted molar refractivity (Wildman–Crippen MR) is 98.6 cm³/mol. The Hall–Kier alpha value is -1.30. The van der Waals surface area contributed by atoms with E-state index in [4.69, 9.17) is 9.47 Å². The molecule has 6 heteroatoms. The van der Waals surface area contributed by atoms with Gasteiger partial charge < -0.3 is 14.4 Å². The van der Waals surface area contributed by atoms with Gasteiger partial charge in [-0.3, -0.25) is 9.69 Å². The summed E-state index contributed by atoms with van der Waals surface area (Å²) in [5, 5.41) is 0. The minimum absolute atomic E-state index is 0.0000986. The lowest BCUT2D eigenvalue weighted by atomic mass is 10.1. The summed E-state index contributed by atoms with van der Waals surface area (Å²) in [4.78, 5) is 28.1. The first kappa shape index (κ1) is 21.7. The van der Waals surface area contributed by atoms with Crippen LogP contribution in [0.15, 0.2) is 0 Å². The van der Waals surface area contributed by atoms with Gasteiger partial charge in [-0.25, -0.2) is 4.79 Å². The number of esters is 1. The topological polar surface area (TPSA) is 59.1 Å². The van der Waals surface area contributed by atoms with Crippen molar-refractivity contribution in [3.8, 4) is 0 Å². The summed E-state index contributed by atoms with van der Waals surface area (Å²) in [6.07, 6.45) is 6.12. The number of methoxy groups -OCH3 is 1. The second-order valence-electron chi connectivity index (χ2n) is 7.81. The Labute approximate surface area is 152 Å². The molecule has 1 fully saturated rings. The zero-order chi connectivity index (χ0) is 18.9. The Morgan fingerprint density at radius 1 is 1.08 bits per heavy atom. The van der Waals surface area contributed by atoms with Gasteiger partial charge in [-0.2, -0.15) is 0 Å². The summed E-state index contributed by atoms with van der Waals surface area (Å²) in [6.45, 7) is 10.7. The number of carbonyl (C=O) groups is 2. The lowest BCUT2D eigenvalue weighted by Crippen LogP contribution is -2.56. The Morgan fingerprint density at radius 2 is 1.76 bits per heavy atom. The molecule has 0 spiro atoms. The molecule has 1 aliphatic rings. The van der Waals surface area contributed by atoms with Gasteiger partial charge in [-0.1, -0.05) is 32.6 Å². The summed E-state index contributed by atoms with van der Waals surface area (Å²) in [5.74, 6) is -0.230. The highest BCUT2D eigenvalue weighted by Gasteiger charge is 2.33. The number of hydrogen-bond acceptors (Lipinski definition) is 5. The Bertz CT molecular complexity index is 420. The molecular formula is C19H36N2O4. The van der Waals surface area contributed by atoms with Crippen molar-refractivity contribution in [3.63, 3.8) is 0 Å². The molecule has 0 aromatic heterocycles. The molecular weight excluding hydrogens is 320 g/mol. The molecule has 1 rings (SSSR count). The highest BCUT2D eigenvalue weighted by Crippen LogP contribution is 2.18. The second kappa shape index (κ2) is 10.6. The van der Waals surface area contributed by atoms with E-state index in [-0.39, 0.29) is 18.1 Å². The van der Waals surface area contributed by atoms with E-state index in [1.807, 2.05) is 20.8 Å². The molecule has 0 saturated carbocycles. The summed E-state index contributed by atoms with van der Waals surface area (Å²) >= 11 is 0. The van der Waals surface area contributed by atoms with Crippen molar-refractivity contribution in [2.75, 3.05) is 33.3 Å². The van der Waals surface area contributed by atoms with E-state index in [0.29, 0.717) is 19.5 Å². The molecule has 0 N–H and O–H groups in total. The lowest BCUT2D eigenvalue weighted by molar-refractivity contribution is -0.142. The van der Waals surface area contributed by atoms with Crippen molar-refractivity contribution in [1.82, 2.24) is 9.80 Å². The third-order valence-electron chi connectivity index (χ3n) is 4.44. The van der Waals surface area contributed by atoms with Gasteiger partial charge >= 0.3 is 12.1 Å². The molecule has 1 heterocycles. The van der Waals surface area contributed by atoms with Crippen LogP contribution in [0.5, 0.6) is 0 Å². The van der Waals surface area contributed by atoms with Crippen LogP contribution in [0.2, 0.25) is 0 Å². The van der Waals surface area contributed by atoms with Gasteiger partial charge in [0.1, 0.15) is 5.60 Å². The summed E-state index contributed by atoms with van der Waals surface area (Å²) < 4.78 is 10.3. The van der Waals surface area contributed by atoms with E-state index in [9.17, 15) is 9.59 Å². The van der Waals surface area contributed by atoms with Crippen molar-refractivity contribution in [2.45, 2.75) is 77.9 Å². The van der Waals surface area contributed by atoms with Crippen LogP contribution in [-0.4, -0.2) is 66.8 Å². The first-order chi connectivity index (χ1) is 11.8. The van der Waals surface area contributed by atoms with Crippen LogP contribution in [0.3, 0.4) is 0 Å². The molecule has 1 saturated heterocycles. The fourth-order valence-electron chi connectivity index (χ4n) is 3.07. The average molecular weight is 357 g/mol. The molecule has 0 aromatic rings. The molecule has 1 atom stereocenters. The molecule has 25 heavy (non-hydrogen) atoms. The number of piperazine rings is 1. The van der Waals surface area contributed by atoms with Crippen molar-refractivity contribution in [1.29, 1.82) is 0 Å². The van der Waals surface area contributed by atoms with Gasteiger partial charge in [-0.15, -0.1) is 0 Å². The van der Waals surface area contributed by atoms with Gasteiger partial charge in [0, 0.05) is 25.7 Å². The van der Waals surface area contributed by atoms with Crippen LogP contribution in [0.4, 0.5) is 4.79 Å². The summed E-state index contributed by atoms with van der Waals surface area (Å²) in [6, 6.07) is -0.0000986. The second-order valence-corrected chi connectivity index (χ2v) is 7.81. The largest absolute Gasteiger partial charge is 0.469 e. The molecule has 0 radical (unpaired) electrons. The van der Waals surface area contributed by atoms with E-state index in [1.165, 1.54) is 32.8 Å². The SMILES string of the molecule is CCCCCCCN1CCN(C(=O)OC(C)(C)C)C[C@@H]1CC(=O)OC. The molecule has 0 aromatic carbocycles. The van der Waals surface area contributed by atoms with Crippen LogP contribution in [0, 0.1) is 0 Å². The number of nitrogens with zero attached hydrogens (tertiary/aromatic N) is 2. The monoisotopic (exact) mass is 356 g/mol. The van der Waals surface area contributed by atoms with E-state index in [1.54, 1.807) is 4.90 Å². The zero-order valence-electron chi connectivity index (χ0n) is 16.7. The number of amides is 1. The van der Waals surface area contributed by atoms with Crippen molar-refractivity contribution < 1.29 is 19.1 Å². The standard InChI is InChI=1S/C19H36N2O4/c1-6-7-8-9-10-11-20-12-13-21(18(23)25-19(2,3)4)15-16(20)14-17(22)24-5/h16H,6-15H2,1-5H3/t16-/m0/s1. The number of ether oxygens (including phenoxy) is 2. The molecule has 1 amide bonds. The van der Waals surface area contributed by atoms with E-state index in [2.05, 4.69) is 11.8 Å². The van der Waals surface area contributed by atoms with E-state index in [0.717, 1.165) is 19.5 Å². The number of rotatable bonds is 8. The van der Waals surface area contributed by atoms with Crippen LogP contribution >= 0.6 is 0 Å². The first-order valence-corrected chi connectivity index (χ1v) is 9.55. The van der Waals surface area contributed by atoms with Gasteiger partial charge in [0.25, 0.3) is 0 Å². The average Bonchev–Trinajstić information content (AvgIpc) is 2.54. The van der Waals surface area contributed by atoms with Gasteiger partial charge in [0.2, 0.25) is 0 Å². The first-order valence-electron chi connectivity index (χ1n) is 9.55. The maximum Gasteiger partial charge on any atom is 0.410 e. The Morgan fingerprint density at radius 3 is 2.36 bits per heavy atom.